The molecule has 1 aromatic heterocycles. The van der Waals surface area contributed by atoms with Gasteiger partial charge in [0.15, 0.2) is 5.13 Å². The van der Waals surface area contributed by atoms with E-state index >= 15 is 0 Å². The maximum atomic E-state index is 5.78. The molecule has 3 atom stereocenters. The molecule has 1 aliphatic rings. The highest BCUT2D eigenvalue weighted by Crippen LogP contribution is 2.32. The van der Waals surface area contributed by atoms with Crippen LogP contribution < -0.4 is 10.2 Å². The molecule has 1 aliphatic heterocycles. The molecule has 19 heavy (non-hydrogen) atoms. The van der Waals surface area contributed by atoms with Crippen molar-refractivity contribution in [1.29, 1.82) is 0 Å². The Morgan fingerprint density at radius 1 is 1.42 bits per heavy atom. The number of rotatable bonds is 4. The van der Waals surface area contributed by atoms with Crippen LogP contribution in [0.3, 0.4) is 0 Å². The third-order valence-corrected chi connectivity index (χ3v) is 4.82. The maximum absolute atomic E-state index is 5.78. The molecule has 1 fully saturated rings. The molecule has 0 aliphatic carbocycles. The van der Waals surface area contributed by atoms with Crippen LogP contribution in [-0.2, 0) is 4.74 Å². The summed E-state index contributed by atoms with van der Waals surface area (Å²) in [5.74, 6) is 0. The summed E-state index contributed by atoms with van der Waals surface area (Å²) in [6, 6.07) is 0.382. The Bertz CT molecular complexity index is 411. The highest BCUT2D eigenvalue weighted by Gasteiger charge is 2.25. The van der Waals surface area contributed by atoms with Crippen LogP contribution in [0.1, 0.15) is 44.3 Å². The van der Waals surface area contributed by atoms with Gasteiger partial charge in [-0.3, -0.25) is 0 Å². The monoisotopic (exact) mass is 283 g/mol. The van der Waals surface area contributed by atoms with E-state index in [1.165, 1.54) is 4.88 Å². The summed E-state index contributed by atoms with van der Waals surface area (Å²) < 4.78 is 5.78. The van der Waals surface area contributed by atoms with Crippen LogP contribution in [0, 0.1) is 6.92 Å². The third-order valence-electron chi connectivity index (χ3n) is 3.41. The smallest absolute Gasteiger partial charge is 0.186 e. The number of thiazole rings is 1. The number of nitrogens with one attached hydrogen (secondary N) is 1. The number of ether oxygens (including phenoxy) is 1. The summed E-state index contributed by atoms with van der Waals surface area (Å²) in [5, 5.41) is 4.60. The molecule has 1 unspecified atom stereocenters. The van der Waals surface area contributed by atoms with Gasteiger partial charge in [0.2, 0.25) is 0 Å². The Morgan fingerprint density at radius 3 is 2.63 bits per heavy atom. The van der Waals surface area contributed by atoms with E-state index in [2.05, 4.69) is 44.8 Å². The number of hydrogen-bond donors (Lipinski definition) is 1. The van der Waals surface area contributed by atoms with Gasteiger partial charge >= 0.3 is 0 Å². The summed E-state index contributed by atoms with van der Waals surface area (Å²) in [7, 11) is 0. The van der Waals surface area contributed by atoms with Gasteiger partial charge in [0.05, 0.1) is 17.9 Å². The number of anilines is 1. The van der Waals surface area contributed by atoms with E-state index in [0.29, 0.717) is 6.04 Å². The summed E-state index contributed by atoms with van der Waals surface area (Å²) in [4.78, 5) is 8.47. The fourth-order valence-electron chi connectivity index (χ4n) is 2.66. The average molecular weight is 283 g/mol. The van der Waals surface area contributed by atoms with Crippen LogP contribution >= 0.6 is 11.3 Å². The number of aromatic nitrogens is 1. The molecule has 1 N–H and O–H groups in total. The zero-order chi connectivity index (χ0) is 14.0. The second-order valence-corrected chi connectivity index (χ2v) is 6.40. The zero-order valence-corrected chi connectivity index (χ0v) is 13.4. The van der Waals surface area contributed by atoms with Crippen LogP contribution in [0.2, 0.25) is 0 Å². The first-order valence-corrected chi connectivity index (χ1v) is 7.94. The molecule has 1 aromatic rings. The first kappa shape index (κ1) is 14.8. The van der Waals surface area contributed by atoms with E-state index in [9.17, 15) is 0 Å². The van der Waals surface area contributed by atoms with Crippen LogP contribution in [0.4, 0.5) is 5.13 Å². The molecule has 0 aromatic carbocycles. The van der Waals surface area contributed by atoms with Gasteiger partial charge in [-0.25, -0.2) is 4.98 Å². The van der Waals surface area contributed by atoms with Crippen molar-refractivity contribution in [3.8, 4) is 0 Å². The van der Waals surface area contributed by atoms with E-state index < -0.39 is 0 Å². The van der Waals surface area contributed by atoms with E-state index in [0.717, 1.165) is 30.5 Å². The van der Waals surface area contributed by atoms with Gasteiger partial charge in [-0.2, -0.15) is 0 Å². The highest BCUT2D eigenvalue weighted by molar-refractivity contribution is 7.15. The van der Waals surface area contributed by atoms with Crippen molar-refractivity contribution in [2.75, 3.05) is 24.5 Å². The normalized spacial score (nSPS) is 25.6. The summed E-state index contributed by atoms with van der Waals surface area (Å²) in [6.07, 6.45) is 0.560. The van der Waals surface area contributed by atoms with Gasteiger partial charge in [0.25, 0.3) is 0 Å². The Morgan fingerprint density at radius 2 is 2.05 bits per heavy atom. The molecular formula is C14H25N3OS. The minimum Gasteiger partial charge on any atom is -0.372 e. The maximum Gasteiger partial charge on any atom is 0.186 e. The molecular weight excluding hydrogens is 258 g/mol. The highest BCUT2D eigenvalue weighted by atomic mass is 32.1. The van der Waals surface area contributed by atoms with Crippen LogP contribution in [-0.4, -0.2) is 36.8 Å². The van der Waals surface area contributed by atoms with E-state index in [1.807, 2.05) is 11.3 Å². The van der Waals surface area contributed by atoms with Gasteiger partial charge in [0.1, 0.15) is 0 Å². The van der Waals surface area contributed by atoms with Gasteiger partial charge in [-0.1, -0.05) is 6.92 Å². The zero-order valence-electron chi connectivity index (χ0n) is 12.6. The lowest BCUT2D eigenvalue weighted by molar-refractivity contribution is -0.00523. The van der Waals surface area contributed by atoms with Crippen LogP contribution in [0.15, 0.2) is 0 Å². The lowest BCUT2D eigenvalue weighted by Gasteiger charge is -2.35. The molecule has 1 saturated heterocycles. The number of morpholine rings is 1. The number of nitrogens with zero attached hydrogens (tertiary/aromatic N) is 2. The van der Waals surface area contributed by atoms with Crippen molar-refractivity contribution in [3.63, 3.8) is 0 Å². The molecule has 108 valence electrons. The van der Waals surface area contributed by atoms with Crippen molar-refractivity contribution in [3.05, 3.63) is 10.6 Å². The second kappa shape index (κ2) is 6.20. The lowest BCUT2D eigenvalue weighted by Crippen LogP contribution is -2.45. The summed E-state index contributed by atoms with van der Waals surface area (Å²) >= 11 is 1.81. The van der Waals surface area contributed by atoms with E-state index in [-0.39, 0.29) is 12.2 Å². The minimum absolute atomic E-state index is 0.280. The largest absolute Gasteiger partial charge is 0.372 e. The second-order valence-electron chi connectivity index (χ2n) is 5.39. The van der Waals surface area contributed by atoms with Gasteiger partial charge in [-0.05, 0) is 34.2 Å². The SMILES string of the molecule is CCNC(C)c1sc(N2C[C@@H](C)O[C@@H](C)C2)nc1C. The Balaban J connectivity index is 2.15. The van der Waals surface area contributed by atoms with Crippen molar-refractivity contribution in [2.24, 2.45) is 0 Å². The topological polar surface area (TPSA) is 37.4 Å². The first-order valence-electron chi connectivity index (χ1n) is 7.12. The molecule has 4 nitrogen and oxygen atoms in total. The summed E-state index contributed by atoms with van der Waals surface area (Å²) in [5.41, 5.74) is 1.15. The standard InChI is InChI=1S/C14H25N3OS/c1-6-15-11(4)13-12(5)16-14(19-13)17-7-9(2)18-10(3)8-17/h9-11,15H,6-8H2,1-5H3/t9-,10+,11?. The fourth-order valence-corrected chi connectivity index (χ4v) is 3.77. The molecule has 5 heteroatoms. The third kappa shape index (κ3) is 3.46. The fraction of sp³-hybridized carbons (Fsp3) is 0.786. The van der Waals surface area contributed by atoms with Crippen molar-refractivity contribution in [2.45, 2.75) is 52.9 Å². The predicted octanol–water partition coefficient (Wildman–Crippen LogP) is 2.74. The van der Waals surface area contributed by atoms with Crippen LogP contribution in [0.25, 0.3) is 0 Å². The van der Waals surface area contributed by atoms with Crippen LogP contribution in [0.5, 0.6) is 0 Å². The molecule has 2 rings (SSSR count). The van der Waals surface area contributed by atoms with Gasteiger partial charge in [0, 0.05) is 24.0 Å². The Kier molecular flexibility index (Phi) is 4.81. The summed E-state index contributed by atoms with van der Waals surface area (Å²) in [6.45, 7) is 13.6. The predicted molar refractivity (Wildman–Crippen MR) is 81.2 cm³/mol. The van der Waals surface area contributed by atoms with Crippen molar-refractivity contribution >= 4 is 16.5 Å². The quantitative estimate of drug-likeness (QED) is 0.922. The van der Waals surface area contributed by atoms with Gasteiger partial charge < -0.3 is 15.0 Å². The number of hydrogen-bond acceptors (Lipinski definition) is 5. The molecule has 0 radical (unpaired) electrons. The van der Waals surface area contributed by atoms with Crippen molar-refractivity contribution < 1.29 is 4.74 Å². The minimum atomic E-state index is 0.280. The first-order chi connectivity index (χ1) is 9.01. The lowest BCUT2D eigenvalue weighted by atomic mass is 10.2. The van der Waals surface area contributed by atoms with Crippen molar-refractivity contribution in [1.82, 2.24) is 10.3 Å². The van der Waals surface area contributed by atoms with E-state index in [1.54, 1.807) is 0 Å². The Labute approximate surface area is 120 Å². The van der Waals surface area contributed by atoms with E-state index in [4.69, 9.17) is 9.72 Å². The molecule has 2 heterocycles. The molecule has 0 amide bonds. The molecule has 0 spiro atoms. The van der Waals surface area contributed by atoms with Gasteiger partial charge in [-0.15, -0.1) is 11.3 Å². The molecule has 0 saturated carbocycles. The Hall–Kier alpha value is -0.650. The average Bonchev–Trinajstić information content (AvgIpc) is 2.70. The molecule has 0 bridgehead atoms. The number of aryl methyl sites for hydroxylation is 1.